The molecular formula is C14H25N3S. The van der Waals surface area contributed by atoms with E-state index in [1.807, 2.05) is 18.8 Å². The summed E-state index contributed by atoms with van der Waals surface area (Å²) in [6.07, 6.45) is 2.20. The molecule has 0 aromatic carbocycles. The number of hydrogen-bond donors (Lipinski definition) is 1. The zero-order valence-corrected chi connectivity index (χ0v) is 13.0. The van der Waals surface area contributed by atoms with Crippen molar-refractivity contribution in [2.24, 2.45) is 5.92 Å². The molecule has 1 aromatic rings. The van der Waals surface area contributed by atoms with E-state index in [9.17, 15) is 0 Å². The lowest BCUT2D eigenvalue weighted by atomic mass is 10.1. The van der Waals surface area contributed by atoms with Crippen LogP contribution < -0.4 is 5.32 Å². The molecule has 0 aliphatic heterocycles. The summed E-state index contributed by atoms with van der Waals surface area (Å²) in [5.74, 6) is 3.40. The van der Waals surface area contributed by atoms with Gasteiger partial charge in [-0.05, 0) is 18.8 Å². The summed E-state index contributed by atoms with van der Waals surface area (Å²) in [4.78, 5) is 9.18. The topological polar surface area (TPSA) is 37.8 Å². The van der Waals surface area contributed by atoms with Gasteiger partial charge in [0.05, 0.1) is 5.75 Å². The molecule has 0 bridgehead atoms. The highest BCUT2D eigenvalue weighted by Gasteiger charge is 2.07. The molecule has 0 spiro atoms. The van der Waals surface area contributed by atoms with Crippen molar-refractivity contribution in [1.82, 2.24) is 9.97 Å². The molecule has 4 heteroatoms. The summed E-state index contributed by atoms with van der Waals surface area (Å²) >= 11 is 1.92. The van der Waals surface area contributed by atoms with Gasteiger partial charge in [-0.25, -0.2) is 9.97 Å². The highest BCUT2D eigenvalue weighted by atomic mass is 32.2. The van der Waals surface area contributed by atoms with Crippen LogP contribution in [0.15, 0.2) is 6.07 Å². The van der Waals surface area contributed by atoms with Crippen LogP contribution in [0.1, 0.15) is 45.6 Å². The summed E-state index contributed by atoms with van der Waals surface area (Å²) in [5, 5.41) is 3.79. The Morgan fingerprint density at radius 1 is 1.28 bits per heavy atom. The van der Waals surface area contributed by atoms with Crippen molar-refractivity contribution in [3.05, 3.63) is 17.6 Å². The van der Waals surface area contributed by atoms with Gasteiger partial charge in [0, 0.05) is 24.1 Å². The van der Waals surface area contributed by atoms with Crippen LogP contribution in [0.3, 0.4) is 0 Å². The van der Waals surface area contributed by atoms with Gasteiger partial charge in [-0.3, -0.25) is 0 Å². The maximum Gasteiger partial charge on any atom is 0.140 e. The zero-order chi connectivity index (χ0) is 13.5. The van der Waals surface area contributed by atoms with Crippen LogP contribution in [-0.4, -0.2) is 22.3 Å². The Labute approximate surface area is 115 Å². The molecule has 18 heavy (non-hydrogen) atoms. The molecule has 1 aromatic heterocycles. The molecule has 1 atom stereocenters. The Balaban J connectivity index is 2.76. The maximum atomic E-state index is 4.66. The summed E-state index contributed by atoms with van der Waals surface area (Å²) in [7, 11) is 1.91. The number of hydrogen-bond acceptors (Lipinski definition) is 4. The van der Waals surface area contributed by atoms with Crippen LogP contribution in [0.5, 0.6) is 0 Å². The summed E-state index contributed by atoms with van der Waals surface area (Å²) in [5.41, 5.74) is 1.14. The molecule has 0 saturated carbocycles. The predicted octanol–water partition coefficient (Wildman–Crippen LogP) is 3.75. The number of nitrogens with zero attached hydrogens (tertiary/aromatic N) is 2. The lowest BCUT2D eigenvalue weighted by molar-refractivity contribution is 0.632. The van der Waals surface area contributed by atoms with E-state index in [-0.39, 0.29) is 0 Å². The average molecular weight is 267 g/mol. The summed E-state index contributed by atoms with van der Waals surface area (Å²) in [6, 6.07) is 2.05. The molecule has 1 rings (SSSR count). The first-order valence-electron chi connectivity index (χ1n) is 6.71. The standard InChI is InChI=1S/C14H25N3S/c1-6-11(4)18-9-14-16-12(7-10(2)3)8-13(15-5)17-14/h8,10-11H,6-7,9H2,1-5H3,(H,15,16,17). The van der Waals surface area contributed by atoms with Gasteiger partial charge in [0.2, 0.25) is 0 Å². The van der Waals surface area contributed by atoms with E-state index in [1.165, 1.54) is 6.42 Å². The molecular weight excluding hydrogens is 242 g/mol. The van der Waals surface area contributed by atoms with Gasteiger partial charge in [0.1, 0.15) is 11.6 Å². The third kappa shape index (κ3) is 5.25. The Hall–Kier alpha value is -0.770. The molecule has 102 valence electrons. The fourth-order valence-electron chi connectivity index (χ4n) is 1.60. The van der Waals surface area contributed by atoms with Crippen LogP contribution in [0.25, 0.3) is 0 Å². The monoisotopic (exact) mass is 267 g/mol. The quantitative estimate of drug-likeness (QED) is 0.816. The van der Waals surface area contributed by atoms with Crippen LogP contribution in [0.4, 0.5) is 5.82 Å². The third-order valence-corrected chi connectivity index (χ3v) is 4.10. The van der Waals surface area contributed by atoms with Crippen molar-refractivity contribution in [3.8, 4) is 0 Å². The van der Waals surface area contributed by atoms with Crippen LogP contribution >= 0.6 is 11.8 Å². The van der Waals surface area contributed by atoms with Crippen molar-refractivity contribution < 1.29 is 0 Å². The number of aromatic nitrogens is 2. The van der Waals surface area contributed by atoms with Crippen molar-refractivity contribution >= 4 is 17.6 Å². The number of thioether (sulfide) groups is 1. The highest BCUT2D eigenvalue weighted by molar-refractivity contribution is 7.99. The molecule has 0 radical (unpaired) electrons. The van der Waals surface area contributed by atoms with Crippen molar-refractivity contribution in [2.75, 3.05) is 12.4 Å². The lowest BCUT2D eigenvalue weighted by Gasteiger charge is -2.11. The normalized spacial score (nSPS) is 12.8. The lowest BCUT2D eigenvalue weighted by Crippen LogP contribution is -2.06. The van der Waals surface area contributed by atoms with E-state index < -0.39 is 0 Å². The van der Waals surface area contributed by atoms with E-state index in [2.05, 4.69) is 49.0 Å². The second kappa shape index (κ2) is 7.62. The SMILES string of the molecule is CCC(C)SCc1nc(CC(C)C)cc(NC)n1. The van der Waals surface area contributed by atoms with Crippen LogP contribution in [0, 0.1) is 5.92 Å². The molecule has 0 amide bonds. The van der Waals surface area contributed by atoms with Crippen molar-refractivity contribution in [1.29, 1.82) is 0 Å². The van der Waals surface area contributed by atoms with Crippen LogP contribution in [0.2, 0.25) is 0 Å². The van der Waals surface area contributed by atoms with Gasteiger partial charge in [-0.2, -0.15) is 11.8 Å². The van der Waals surface area contributed by atoms with Gasteiger partial charge < -0.3 is 5.32 Å². The van der Waals surface area contributed by atoms with Gasteiger partial charge in [0.15, 0.2) is 0 Å². The molecule has 0 fully saturated rings. The average Bonchev–Trinajstić information content (AvgIpc) is 2.34. The Kier molecular flexibility index (Phi) is 6.47. The fourth-order valence-corrected chi connectivity index (χ4v) is 2.40. The molecule has 0 aliphatic rings. The van der Waals surface area contributed by atoms with E-state index in [0.717, 1.165) is 29.5 Å². The first-order chi connectivity index (χ1) is 8.55. The van der Waals surface area contributed by atoms with E-state index in [4.69, 9.17) is 0 Å². The van der Waals surface area contributed by atoms with E-state index >= 15 is 0 Å². The molecule has 3 nitrogen and oxygen atoms in total. The Morgan fingerprint density at radius 2 is 2.00 bits per heavy atom. The van der Waals surface area contributed by atoms with Gasteiger partial charge in [-0.15, -0.1) is 0 Å². The van der Waals surface area contributed by atoms with Gasteiger partial charge in [-0.1, -0.05) is 27.7 Å². The zero-order valence-electron chi connectivity index (χ0n) is 12.2. The minimum Gasteiger partial charge on any atom is -0.373 e. The summed E-state index contributed by atoms with van der Waals surface area (Å²) < 4.78 is 0. The first kappa shape index (κ1) is 15.3. The number of anilines is 1. The van der Waals surface area contributed by atoms with Gasteiger partial charge in [0.25, 0.3) is 0 Å². The van der Waals surface area contributed by atoms with E-state index in [0.29, 0.717) is 11.2 Å². The highest BCUT2D eigenvalue weighted by Crippen LogP contribution is 2.19. The molecule has 0 aliphatic carbocycles. The molecule has 1 N–H and O–H groups in total. The second-order valence-electron chi connectivity index (χ2n) is 5.04. The fraction of sp³-hybridized carbons (Fsp3) is 0.714. The number of rotatable bonds is 7. The smallest absolute Gasteiger partial charge is 0.140 e. The second-order valence-corrected chi connectivity index (χ2v) is 6.47. The van der Waals surface area contributed by atoms with Crippen molar-refractivity contribution in [2.45, 2.75) is 51.5 Å². The Bertz CT molecular complexity index is 366. The summed E-state index contributed by atoms with van der Waals surface area (Å²) in [6.45, 7) is 8.90. The largest absolute Gasteiger partial charge is 0.373 e. The third-order valence-electron chi connectivity index (χ3n) is 2.77. The molecule has 1 heterocycles. The predicted molar refractivity (Wildman–Crippen MR) is 81.2 cm³/mol. The van der Waals surface area contributed by atoms with Crippen molar-refractivity contribution in [3.63, 3.8) is 0 Å². The molecule has 1 unspecified atom stereocenters. The minimum atomic E-state index is 0.625. The Morgan fingerprint density at radius 3 is 2.56 bits per heavy atom. The molecule has 0 saturated heterocycles. The minimum absolute atomic E-state index is 0.625. The van der Waals surface area contributed by atoms with E-state index in [1.54, 1.807) is 0 Å². The van der Waals surface area contributed by atoms with Gasteiger partial charge >= 0.3 is 0 Å². The van der Waals surface area contributed by atoms with Crippen LogP contribution in [-0.2, 0) is 12.2 Å². The first-order valence-corrected chi connectivity index (χ1v) is 7.76. The maximum absolute atomic E-state index is 4.66. The number of nitrogens with one attached hydrogen (secondary N) is 1.